The molecule has 4 heteroatoms. The Labute approximate surface area is 156 Å². The smallest absolute Gasteiger partial charge is 0.336 e. The lowest BCUT2D eigenvalue weighted by molar-refractivity contribution is -0.139. The maximum Gasteiger partial charge on any atom is 0.336 e. The Balaban J connectivity index is 2.32. The number of allylic oxidation sites excluding steroid dienone is 1. The van der Waals surface area contributed by atoms with Crippen LogP contribution in [0.2, 0.25) is 0 Å². The SMILES string of the molecule is CCOC(=O)C(=C(C)NN(Cc1ccccc1)c1ccccc1)C(C)C. The molecule has 0 heterocycles. The molecule has 0 saturated carbocycles. The number of carbonyl (C=O) groups is 1. The molecule has 0 aromatic heterocycles. The average Bonchev–Trinajstić information content (AvgIpc) is 2.63. The van der Waals surface area contributed by atoms with E-state index in [1.54, 1.807) is 0 Å². The van der Waals surface area contributed by atoms with Crippen LogP contribution in [0, 0.1) is 5.92 Å². The number of benzene rings is 2. The predicted molar refractivity (Wildman–Crippen MR) is 106 cm³/mol. The van der Waals surface area contributed by atoms with Gasteiger partial charge in [0.25, 0.3) is 0 Å². The fourth-order valence-electron chi connectivity index (χ4n) is 2.86. The van der Waals surface area contributed by atoms with E-state index in [1.807, 2.05) is 81.2 Å². The molecule has 0 aliphatic heterocycles. The Morgan fingerprint density at radius 1 is 1.04 bits per heavy atom. The van der Waals surface area contributed by atoms with Gasteiger partial charge in [0.2, 0.25) is 0 Å². The molecule has 0 atom stereocenters. The molecule has 26 heavy (non-hydrogen) atoms. The molecular weight excluding hydrogens is 324 g/mol. The molecule has 2 aromatic rings. The summed E-state index contributed by atoms with van der Waals surface area (Å²) in [7, 11) is 0. The number of hydrogen-bond acceptors (Lipinski definition) is 4. The summed E-state index contributed by atoms with van der Waals surface area (Å²) >= 11 is 0. The number of nitrogens with zero attached hydrogens (tertiary/aromatic N) is 1. The summed E-state index contributed by atoms with van der Waals surface area (Å²) < 4.78 is 5.24. The number of para-hydroxylation sites is 1. The second-order valence-corrected chi connectivity index (χ2v) is 6.43. The standard InChI is InChI=1S/C22H28N2O2/c1-5-26-22(25)21(17(2)3)18(4)23-24(20-14-10-7-11-15-20)16-19-12-8-6-9-13-19/h6-15,17,23H,5,16H2,1-4H3. The Bertz CT molecular complexity index is 724. The number of esters is 1. The summed E-state index contributed by atoms with van der Waals surface area (Å²) in [5, 5.41) is 2.05. The van der Waals surface area contributed by atoms with Crippen molar-refractivity contribution in [2.24, 2.45) is 5.92 Å². The van der Waals surface area contributed by atoms with Gasteiger partial charge >= 0.3 is 5.97 Å². The number of anilines is 1. The fourth-order valence-corrected chi connectivity index (χ4v) is 2.86. The van der Waals surface area contributed by atoms with Crippen molar-refractivity contribution in [1.29, 1.82) is 0 Å². The highest BCUT2D eigenvalue weighted by Gasteiger charge is 2.19. The molecule has 0 aliphatic carbocycles. The monoisotopic (exact) mass is 352 g/mol. The molecule has 0 amide bonds. The minimum atomic E-state index is -0.264. The molecule has 0 fully saturated rings. The quantitative estimate of drug-likeness (QED) is 0.425. The van der Waals surface area contributed by atoms with Crippen LogP contribution in [0.5, 0.6) is 0 Å². The van der Waals surface area contributed by atoms with Crippen molar-refractivity contribution in [2.75, 3.05) is 11.6 Å². The van der Waals surface area contributed by atoms with Gasteiger partial charge in [0.1, 0.15) is 0 Å². The highest BCUT2D eigenvalue weighted by atomic mass is 16.5. The van der Waals surface area contributed by atoms with Gasteiger partial charge in [-0.25, -0.2) is 4.79 Å². The van der Waals surface area contributed by atoms with Crippen molar-refractivity contribution in [3.8, 4) is 0 Å². The van der Waals surface area contributed by atoms with Gasteiger partial charge in [0.05, 0.1) is 24.4 Å². The van der Waals surface area contributed by atoms with E-state index in [-0.39, 0.29) is 11.9 Å². The highest BCUT2D eigenvalue weighted by Crippen LogP contribution is 2.19. The van der Waals surface area contributed by atoms with Gasteiger partial charge < -0.3 is 10.2 Å². The summed E-state index contributed by atoms with van der Waals surface area (Å²) in [6.45, 7) is 8.80. The fraction of sp³-hybridized carbons (Fsp3) is 0.318. The Morgan fingerprint density at radius 2 is 1.62 bits per heavy atom. The number of ether oxygens (including phenoxy) is 1. The van der Waals surface area contributed by atoms with Crippen LogP contribution in [0.1, 0.15) is 33.3 Å². The van der Waals surface area contributed by atoms with Crippen LogP contribution < -0.4 is 10.4 Å². The minimum absolute atomic E-state index is 0.0656. The van der Waals surface area contributed by atoms with Crippen molar-refractivity contribution in [2.45, 2.75) is 34.2 Å². The molecule has 0 radical (unpaired) electrons. The third kappa shape index (κ3) is 5.38. The minimum Gasteiger partial charge on any atom is -0.463 e. The van der Waals surface area contributed by atoms with Gasteiger partial charge in [0, 0.05) is 5.70 Å². The van der Waals surface area contributed by atoms with Crippen LogP contribution in [-0.2, 0) is 16.1 Å². The van der Waals surface area contributed by atoms with Gasteiger partial charge in [-0.15, -0.1) is 0 Å². The molecule has 4 nitrogen and oxygen atoms in total. The largest absolute Gasteiger partial charge is 0.463 e. The maximum atomic E-state index is 12.4. The summed E-state index contributed by atoms with van der Waals surface area (Å²) in [5.74, 6) is -0.198. The molecule has 0 spiro atoms. The molecule has 0 aliphatic rings. The first kappa shape index (κ1) is 19.6. The van der Waals surface area contributed by atoms with Gasteiger partial charge in [-0.3, -0.25) is 5.01 Å². The zero-order valence-electron chi connectivity index (χ0n) is 16.0. The first-order valence-electron chi connectivity index (χ1n) is 9.04. The van der Waals surface area contributed by atoms with Gasteiger partial charge in [-0.1, -0.05) is 62.4 Å². The normalized spacial score (nSPS) is 11.7. The van der Waals surface area contributed by atoms with Gasteiger partial charge in [-0.2, -0.15) is 0 Å². The first-order valence-corrected chi connectivity index (χ1v) is 9.04. The number of nitrogens with one attached hydrogen (secondary N) is 1. The number of hydrazine groups is 1. The predicted octanol–water partition coefficient (Wildman–Crippen LogP) is 4.69. The molecule has 0 unspecified atom stereocenters. The lowest BCUT2D eigenvalue weighted by atomic mass is 10.0. The number of hydrogen-bond donors (Lipinski definition) is 1. The van der Waals surface area contributed by atoms with E-state index in [9.17, 15) is 4.79 Å². The van der Waals surface area contributed by atoms with E-state index in [0.717, 1.165) is 11.4 Å². The van der Waals surface area contributed by atoms with Crippen molar-refractivity contribution < 1.29 is 9.53 Å². The third-order valence-electron chi connectivity index (χ3n) is 4.03. The van der Waals surface area contributed by atoms with Crippen LogP contribution in [0.4, 0.5) is 5.69 Å². The maximum absolute atomic E-state index is 12.4. The van der Waals surface area contributed by atoms with Crippen molar-refractivity contribution in [3.05, 3.63) is 77.5 Å². The Kier molecular flexibility index (Phi) is 7.27. The van der Waals surface area contributed by atoms with Crippen LogP contribution >= 0.6 is 0 Å². The van der Waals surface area contributed by atoms with Crippen molar-refractivity contribution in [3.63, 3.8) is 0 Å². The lowest BCUT2D eigenvalue weighted by Gasteiger charge is -2.28. The lowest BCUT2D eigenvalue weighted by Crippen LogP contribution is -2.38. The average molecular weight is 352 g/mol. The van der Waals surface area contributed by atoms with E-state index >= 15 is 0 Å². The molecule has 0 bridgehead atoms. The van der Waals surface area contributed by atoms with Gasteiger partial charge in [0.15, 0.2) is 0 Å². The summed E-state index contributed by atoms with van der Waals surface area (Å²) in [4.78, 5) is 12.4. The summed E-state index contributed by atoms with van der Waals surface area (Å²) in [5.41, 5.74) is 7.10. The zero-order valence-corrected chi connectivity index (χ0v) is 16.0. The molecule has 1 N–H and O–H groups in total. The van der Waals surface area contributed by atoms with Crippen LogP contribution in [0.3, 0.4) is 0 Å². The van der Waals surface area contributed by atoms with E-state index in [0.29, 0.717) is 18.7 Å². The van der Waals surface area contributed by atoms with Crippen molar-refractivity contribution >= 4 is 11.7 Å². The molecule has 2 aromatic carbocycles. The second kappa shape index (κ2) is 9.66. The van der Waals surface area contributed by atoms with Crippen molar-refractivity contribution in [1.82, 2.24) is 5.43 Å². The molecule has 0 saturated heterocycles. The van der Waals surface area contributed by atoms with Crippen LogP contribution in [0.25, 0.3) is 0 Å². The molecular formula is C22H28N2O2. The first-order chi connectivity index (χ1) is 12.5. The van der Waals surface area contributed by atoms with E-state index < -0.39 is 0 Å². The summed E-state index contributed by atoms with van der Waals surface area (Å²) in [6.07, 6.45) is 0. The Hall–Kier alpha value is -2.75. The third-order valence-corrected chi connectivity index (χ3v) is 4.03. The summed E-state index contributed by atoms with van der Waals surface area (Å²) in [6, 6.07) is 20.3. The van der Waals surface area contributed by atoms with E-state index in [4.69, 9.17) is 4.74 Å². The zero-order chi connectivity index (χ0) is 18.9. The van der Waals surface area contributed by atoms with E-state index in [1.165, 1.54) is 5.56 Å². The van der Waals surface area contributed by atoms with Crippen LogP contribution in [-0.4, -0.2) is 12.6 Å². The second-order valence-electron chi connectivity index (χ2n) is 6.43. The number of rotatable bonds is 8. The molecule has 2 rings (SSSR count). The number of carbonyl (C=O) groups excluding carboxylic acids is 1. The topological polar surface area (TPSA) is 41.6 Å². The van der Waals surface area contributed by atoms with Gasteiger partial charge in [-0.05, 0) is 37.5 Å². The van der Waals surface area contributed by atoms with Crippen LogP contribution in [0.15, 0.2) is 71.9 Å². The highest BCUT2D eigenvalue weighted by molar-refractivity contribution is 5.89. The Morgan fingerprint density at radius 3 is 2.15 bits per heavy atom. The molecule has 138 valence electrons. The van der Waals surface area contributed by atoms with E-state index in [2.05, 4.69) is 17.6 Å².